The third kappa shape index (κ3) is 7.93. The van der Waals surface area contributed by atoms with Gasteiger partial charge in [-0.25, -0.2) is 23.2 Å². The minimum atomic E-state index is -1.03. The van der Waals surface area contributed by atoms with Gasteiger partial charge in [-0.1, -0.05) is 0 Å². The van der Waals surface area contributed by atoms with Gasteiger partial charge in [0.2, 0.25) is 0 Å². The number of ether oxygens (including phenoxy) is 3. The van der Waals surface area contributed by atoms with Gasteiger partial charge in [-0.2, -0.15) is 4.90 Å². The zero-order chi connectivity index (χ0) is 30.2. The van der Waals surface area contributed by atoms with Crippen LogP contribution in [0.3, 0.4) is 0 Å². The maximum absolute atomic E-state index is 13.8. The van der Waals surface area contributed by atoms with E-state index in [1.807, 2.05) is 0 Å². The zero-order valence-electron chi connectivity index (χ0n) is 24.1. The van der Waals surface area contributed by atoms with E-state index in [2.05, 4.69) is 5.32 Å². The van der Waals surface area contributed by atoms with Crippen molar-refractivity contribution in [3.8, 4) is 0 Å². The predicted octanol–water partition coefficient (Wildman–Crippen LogP) is 8.12. The van der Waals surface area contributed by atoms with Crippen LogP contribution in [0.2, 0.25) is 0 Å². The van der Waals surface area contributed by atoms with Crippen molar-refractivity contribution in [2.45, 2.75) is 79.1 Å². The molecule has 0 radical (unpaired) electrons. The number of aromatic nitrogens is 1. The molecule has 2 aromatic carbocycles. The fraction of sp³-hybridized carbons (Fsp3) is 0.414. The number of carbonyl (C=O) groups excluding carboxylic acids is 3. The van der Waals surface area contributed by atoms with E-state index in [1.165, 1.54) is 12.3 Å². The van der Waals surface area contributed by atoms with Crippen LogP contribution in [-0.4, -0.2) is 39.6 Å². The average Bonchev–Trinajstić information content (AvgIpc) is 3.08. The van der Waals surface area contributed by atoms with Gasteiger partial charge >= 0.3 is 18.3 Å². The Morgan fingerprint density at radius 2 is 1.23 bits per heavy atom. The van der Waals surface area contributed by atoms with Gasteiger partial charge < -0.3 is 19.5 Å². The van der Waals surface area contributed by atoms with Gasteiger partial charge in [-0.3, -0.25) is 4.57 Å². The largest absolute Gasteiger partial charge is 0.443 e. The van der Waals surface area contributed by atoms with Gasteiger partial charge in [0.05, 0.1) is 11.2 Å². The lowest BCUT2D eigenvalue weighted by Gasteiger charge is -2.28. The third-order valence-corrected chi connectivity index (χ3v) is 4.92. The quantitative estimate of drug-likeness (QED) is 0.324. The van der Waals surface area contributed by atoms with E-state index in [9.17, 15) is 23.2 Å². The van der Waals surface area contributed by atoms with Crippen LogP contribution >= 0.6 is 0 Å². The molecule has 0 aliphatic rings. The highest BCUT2D eigenvalue weighted by molar-refractivity contribution is 6.16. The van der Waals surface area contributed by atoms with Crippen molar-refractivity contribution in [3.63, 3.8) is 0 Å². The molecule has 3 rings (SSSR count). The molecule has 3 aromatic rings. The van der Waals surface area contributed by atoms with Crippen molar-refractivity contribution in [1.29, 1.82) is 0 Å². The number of anilines is 3. The van der Waals surface area contributed by atoms with Crippen LogP contribution in [0.4, 0.5) is 40.2 Å². The normalized spacial score (nSPS) is 12.2. The van der Waals surface area contributed by atoms with Crippen molar-refractivity contribution in [2.24, 2.45) is 0 Å². The first kappa shape index (κ1) is 30.4. The molecule has 9 nitrogen and oxygen atoms in total. The first-order chi connectivity index (χ1) is 18.2. The first-order valence-electron chi connectivity index (χ1n) is 12.6. The van der Waals surface area contributed by atoms with Crippen molar-refractivity contribution in [2.75, 3.05) is 10.2 Å². The molecule has 11 heteroatoms. The van der Waals surface area contributed by atoms with Crippen molar-refractivity contribution >= 4 is 46.2 Å². The fourth-order valence-electron chi connectivity index (χ4n) is 3.61. The average molecular weight is 560 g/mol. The van der Waals surface area contributed by atoms with Gasteiger partial charge in [-0.05, 0) is 92.6 Å². The highest BCUT2D eigenvalue weighted by Crippen LogP contribution is 2.35. The van der Waals surface area contributed by atoms with Gasteiger partial charge in [0.1, 0.15) is 28.4 Å². The second kappa shape index (κ2) is 10.8. The molecule has 0 bridgehead atoms. The molecule has 0 fully saturated rings. The molecule has 1 heterocycles. The molecule has 0 aliphatic heterocycles. The van der Waals surface area contributed by atoms with Gasteiger partial charge in [-0.15, -0.1) is 0 Å². The number of hydrogen-bond donors (Lipinski definition) is 1. The lowest BCUT2D eigenvalue weighted by Crippen LogP contribution is -2.43. The Labute approximate surface area is 232 Å². The van der Waals surface area contributed by atoms with Crippen LogP contribution in [0.15, 0.2) is 42.6 Å². The summed E-state index contributed by atoms with van der Waals surface area (Å²) in [6.07, 6.45) is -1.55. The van der Waals surface area contributed by atoms with Gasteiger partial charge in [0.15, 0.2) is 0 Å². The number of benzene rings is 2. The lowest BCUT2D eigenvalue weighted by molar-refractivity contribution is 0.0426. The number of amides is 2. The summed E-state index contributed by atoms with van der Waals surface area (Å²) in [7, 11) is 0. The molecule has 0 saturated carbocycles. The highest BCUT2D eigenvalue weighted by Gasteiger charge is 2.35. The fourth-order valence-corrected chi connectivity index (χ4v) is 3.61. The Kier molecular flexibility index (Phi) is 8.19. The number of carbonyl (C=O) groups is 3. The topological polar surface area (TPSA) is 99.1 Å². The summed E-state index contributed by atoms with van der Waals surface area (Å²) in [5.74, 6) is -1.55. The number of nitrogens with zero attached hydrogens (tertiary/aromatic N) is 2. The molecule has 0 unspecified atom stereocenters. The Bertz CT molecular complexity index is 1400. The van der Waals surface area contributed by atoms with E-state index < -0.39 is 46.7 Å². The smallest absolute Gasteiger partial charge is 0.424 e. The minimum absolute atomic E-state index is 0.0292. The number of nitrogens with one attached hydrogen (secondary N) is 1. The summed E-state index contributed by atoms with van der Waals surface area (Å²) >= 11 is 0. The monoisotopic (exact) mass is 559 g/mol. The van der Waals surface area contributed by atoms with E-state index in [0.29, 0.717) is 10.6 Å². The molecule has 0 saturated heterocycles. The van der Waals surface area contributed by atoms with E-state index in [-0.39, 0.29) is 22.3 Å². The zero-order valence-corrected chi connectivity index (χ0v) is 24.1. The SMILES string of the molecule is CC(C)(C)OC(=O)N(C(=O)OC(C)(C)C)c1cn(C(=O)OC(C)(C)C)c2ccc(Nc3cc(F)cc(F)c3)cc12. The molecular weight excluding hydrogens is 524 g/mol. The molecule has 1 aromatic heterocycles. The molecule has 40 heavy (non-hydrogen) atoms. The van der Waals surface area contributed by atoms with Crippen LogP contribution in [0.5, 0.6) is 0 Å². The molecule has 0 spiro atoms. The van der Waals surface area contributed by atoms with Crippen LogP contribution in [0.1, 0.15) is 62.3 Å². The molecule has 1 N–H and O–H groups in total. The summed E-state index contributed by atoms with van der Waals surface area (Å²) < 4.78 is 45.3. The van der Waals surface area contributed by atoms with Gasteiger partial charge in [0, 0.05) is 29.0 Å². The summed E-state index contributed by atoms with van der Waals surface area (Å²) in [6, 6.07) is 7.59. The number of hydrogen-bond acceptors (Lipinski definition) is 7. The Hall–Kier alpha value is -4.15. The maximum Gasteiger partial charge on any atom is 0.424 e. The van der Waals surface area contributed by atoms with Crippen LogP contribution in [0.25, 0.3) is 10.9 Å². The second-order valence-corrected chi connectivity index (χ2v) is 12.2. The van der Waals surface area contributed by atoms with E-state index in [4.69, 9.17) is 14.2 Å². The standard InChI is InChI=1S/C29H35F2N3O6/c1-27(2,3)38-24(35)33-16-23(34(25(36)39-28(4,5)6)26(37)40-29(7,8)9)21-15-19(10-11-22(21)33)32-20-13-17(30)12-18(31)14-20/h10-16,32H,1-9H3. The summed E-state index contributed by atoms with van der Waals surface area (Å²) in [6.45, 7) is 14.9. The van der Waals surface area contributed by atoms with E-state index >= 15 is 0 Å². The van der Waals surface area contributed by atoms with Gasteiger partial charge in [0.25, 0.3) is 0 Å². The molecule has 0 atom stereocenters. The third-order valence-electron chi connectivity index (χ3n) is 4.92. The number of fused-ring (bicyclic) bond motifs is 1. The Balaban J connectivity index is 2.24. The minimum Gasteiger partial charge on any atom is -0.443 e. The van der Waals surface area contributed by atoms with E-state index in [0.717, 1.165) is 22.8 Å². The first-order valence-corrected chi connectivity index (χ1v) is 12.6. The molecule has 2 amide bonds. The Morgan fingerprint density at radius 1 is 0.725 bits per heavy atom. The van der Waals surface area contributed by atoms with Crippen molar-refractivity contribution in [3.05, 3.63) is 54.2 Å². The van der Waals surface area contributed by atoms with Crippen LogP contribution < -0.4 is 10.2 Å². The van der Waals surface area contributed by atoms with Crippen molar-refractivity contribution in [1.82, 2.24) is 4.57 Å². The number of halogens is 2. The lowest BCUT2D eigenvalue weighted by atomic mass is 10.2. The van der Waals surface area contributed by atoms with Crippen molar-refractivity contribution < 1.29 is 37.4 Å². The summed E-state index contributed by atoms with van der Waals surface area (Å²) in [5, 5.41) is 3.15. The molecule has 0 aliphatic carbocycles. The Morgan fingerprint density at radius 3 is 1.70 bits per heavy atom. The number of imide groups is 1. The molecular formula is C29H35F2N3O6. The summed E-state index contributed by atoms with van der Waals surface area (Å²) in [5.41, 5.74) is -2.03. The van der Waals surface area contributed by atoms with Crippen LogP contribution in [0, 0.1) is 11.6 Å². The second-order valence-electron chi connectivity index (χ2n) is 12.2. The maximum atomic E-state index is 13.8. The highest BCUT2D eigenvalue weighted by atomic mass is 19.1. The predicted molar refractivity (Wildman–Crippen MR) is 148 cm³/mol. The van der Waals surface area contributed by atoms with E-state index in [1.54, 1.807) is 74.4 Å². The molecule has 216 valence electrons. The van der Waals surface area contributed by atoms with Crippen LogP contribution in [-0.2, 0) is 14.2 Å². The number of rotatable bonds is 3. The summed E-state index contributed by atoms with van der Waals surface area (Å²) in [4.78, 5) is 40.6.